The Hall–Kier alpha value is -2.24. The summed E-state index contributed by atoms with van der Waals surface area (Å²) in [6.45, 7) is 5.92. The van der Waals surface area contributed by atoms with Crippen molar-refractivity contribution >= 4 is 35.0 Å². The fourth-order valence-corrected chi connectivity index (χ4v) is 5.01. The van der Waals surface area contributed by atoms with Crippen molar-refractivity contribution in [2.75, 3.05) is 6.61 Å². The van der Waals surface area contributed by atoms with E-state index in [1.807, 2.05) is 39.0 Å². The van der Waals surface area contributed by atoms with E-state index in [9.17, 15) is 9.59 Å². The second kappa shape index (κ2) is 12.5. The first kappa shape index (κ1) is 26.4. The molecule has 1 aliphatic rings. The molecule has 0 unspecified atom stereocenters. The highest BCUT2D eigenvalue weighted by atomic mass is 35.5. The van der Waals surface area contributed by atoms with E-state index in [1.165, 1.54) is 6.42 Å². The van der Waals surface area contributed by atoms with Gasteiger partial charge in [0.2, 0.25) is 5.91 Å². The topological polar surface area (TPSA) is 58.6 Å². The summed E-state index contributed by atoms with van der Waals surface area (Å²) in [7, 11) is 0. The molecule has 1 N–H and O–H groups in total. The molecule has 0 saturated heterocycles. The summed E-state index contributed by atoms with van der Waals surface area (Å²) in [5.41, 5.74) is 2.85. The number of halogens is 2. The average Bonchev–Trinajstić information content (AvgIpc) is 2.79. The molecule has 34 heavy (non-hydrogen) atoms. The Morgan fingerprint density at radius 3 is 2.35 bits per heavy atom. The lowest BCUT2D eigenvalue weighted by molar-refractivity contribution is -0.143. The van der Waals surface area contributed by atoms with E-state index in [0.717, 1.165) is 42.4 Å². The number of carbonyl (C=O) groups excluding carboxylic acids is 2. The molecule has 3 rings (SSSR count). The lowest BCUT2D eigenvalue weighted by atomic mass is 9.95. The Morgan fingerprint density at radius 2 is 1.74 bits per heavy atom. The summed E-state index contributed by atoms with van der Waals surface area (Å²) in [5, 5.41) is 4.16. The molecule has 1 atom stereocenters. The fourth-order valence-electron chi connectivity index (χ4n) is 4.54. The third-order valence-corrected chi connectivity index (χ3v) is 6.84. The average molecular weight is 505 g/mol. The van der Waals surface area contributed by atoms with Gasteiger partial charge in [0, 0.05) is 22.6 Å². The molecule has 0 aliphatic heterocycles. The predicted molar refractivity (Wildman–Crippen MR) is 138 cm³/mol. The van der Waals surface area contributed by atoms with Crippen LogP contribution in [0.2, 0.25) is 10.0 Å². The van der Waals surface area contributed by atoms with E-state index in [-0.39, 0.29) is 31.0 Å². The van der Waals surface area contributed by atoms with Gasteiger partial charge in [-0.1, -0.05) is 61.5 Å². The third-order valence-electron chi connectivity index (χ3n) is 6.25. The lowest BCUT2D eigenvalue weighted by Gasteiger charge is -2.33. The van der Waals surface area contributed by atoms with Crippen LogP contribution in [0.25, 0.3) is 0 Å². The quantitative estimate of drug-likeness (QED) is 0.439. The van der Waals surface area contributed by atoms with Crippen LogP contribution in [0.1, 0.15) is 62.1 Å². The van der Waals surface area contributed by atoms with Gasteiger partial charge in [-0.05, 0) is 74.1 Å². The number of aryl methyl sites for hydroxylation is 2. The van der Waals surface area contributed by atoms with Gasteiger partial charge >= 0.3 is 0 Å². The highest BCUT2D eigenvalue weighted by Crippen LogP contribution is 2.25. The number of benzene rings is 2. The van der Waals surface area contributed by atoms with Gasteiger partial charge in [0.15, 0.2) is 6.61 Å². The normalized spacial score (nSPS) is 15.0. The van der Waals surface area contributed by atoms with Crippen LogP contribution in [-0.4, -0.2) is 35.4 Å². The number of hydrogen-bond acceptors (Lipinski definition) is 3. The maximum absolute atomic E-state index is 13.4. The van der Waals surface area contributed by atoms with Gasteiger partial charge in [-0.3, -0.25) is 9.59 Å². The standard InChI is InChI=1S/C27H34Cl2N2O3/c1-4-25(27(33)30-22-8-6-5-7-9-22)31(16-20-10-11-21(28)15-24(20)29)26(32)17-34-23-13-18(2)12-19(3)14-23/h10-15,22,25H,4-9,16-17H2,1-3H3,(H,30,33)/t25-/m1/s1. The molecular formula is C27H34Cl2N2O3. The minimum absolute atomic E-state index is 0.126. The van der Waals surface area contributed by atoms with Crippen LogP contribution in [0.5, 0.6) is 5.75 Å². The summed E-state index contributed by atoms with van der Waals surface area (Å²) in [4.78, 5) is 28.3. The summed E-state index contributed by atoms with van der Waals surface area (Å²) < 4.78 is 5.84. The Balaban J connectivity index is 1.80. The number of hydrogen-bond donors (Lipinski definition) is 1. The Morgan fingerprint density at radius 1 is 1.06 bits per heavy atom. The molecule has 2 amide bonds. The first-order chi connectivity index (χ1) is 16.3. The second-order valence-corrected chi connectivity index (χ2v) is 9.98. The predicted octanol–water partition coefficient (Wildman–Crippen LogP) is 6.25. The van der Waals surface area contributed by atoms with Crippen molar-refractivity contribution in [1.82, 2.24) is 10.2 Å². The highest BCUT2D eigenvalue weighted by Gasteiger charge is 2.31. The zero-order valence-corrected chi connectivity index (χ0v) is 21.7. The van der Waals surface area contributed by atoms with Crippen molar-refractivity contribution in [3.63, 3.8) is 0 Å². The van der Waals surface area contributed by atoms with Gasteiger partial charge in [-0.2, -0.15) is 0 Å². The van der Waals surface area contributed by atoms with Crippen LogP contribution in [0.4, 0.5) is 0 Å². The maximum Gasteiger partial charge on any atom is 0.261 e. The van der Waals surface area contributed by atoms with E-state index < -0.39 is 6.04 Å². The monoisotopic (exact) mass is 504 g/mol. The highest BCUT2D eigenvalue weighted by molar-refractivity contribution is 6.35. The molecule has 0 heterocycles. The molecule has 0 bridgehead atoms. The molecule has 184 valence electrons. The Kier molecular flexibility index (Phi) is 9.66. The smallest absolute Gasteiger partial charge is 0.261 e. The molecule has 2 aromatic rings. The van der Waals surface area contributed by atoms with Crippen molar-refractivity contribution in [2.45, 2.75) is 77.9 Å². The number of amides is 2. The van der Waals surface area contributed by atoms with E-state index in [2.05, 4.69) is 5.32 Å². The maximum atomic E-state index is 13.4. The summed E-state index contributed by atoms with van der Waals surface area (Å²) in [6.07, 6.45) is 5.89. The minimum atomic E-state index is -0.621. The number of rotatable bonds is 9. The minimum Gasteiger partial charge on any atom is -0.484 e. The van der Waals surface area contributed by atoms with Gasteiger partial charge < -0.3 is 15.0 Å². The van der Waals surface area contributed by atoms with Crippen LogP contribution in [-0.2, 0) is 16.1 Å². The van der Waals surface area contributed by atoms with Gasteiger partial charge in [0.05, 0.1) is 0 Å². The van der Waals surface area contributed by atoms with Crippen molar-refractivity contribution in [1.29, 1.82) is 0 Å². The number of nitrogens with zero attached hydrogens (tertiary/aromatic N) is 1. The molecule has 2 aromatic carbocycles. The fraction of sp³-hybridized carbons (Fsp3) is 0.481. The molecule has 0 aromatic heterocycles. The van der Waals surface area contributed by atoms with Crippen LogP contribution >= 0.6 is 23.2 Å². The Bertz CT molecular complexity index is 985. The molecule has 1 saturated carbocycles. The summed E-state index contributed by atoms with van der Waals surface area (Å²) in [6, 6.07) is 10.6. The molecule has 1 fully saturated rings. The SMILES string of the molecule is CC[C@H](C(=O)NC1CCCCC1)N(Cc1ccc(Cl)cc1Cl)C(=O)COc1cc(C)cc(C)c1. The lowest BCUT2D eigenvalue weighted by Crippen LogP contribution is -2.52. The second-order valence-electron chi connectivity index (χ2n) is 9.14. The Labute approximate surface area is 212 Å². The van der Waals surface area contributed by atoms with E-state index in [4.69, 9.17) is 27.9 Å². The van der Waals surface area contributed by atoms with Gasteiger partial charge in [-0.25, -0.2) is 0 Å². The van der Waals surface area contributed by atoms with Crippen LogP contribution in [0.3, 0.4) is 0 Å². The van der Waals surface area contributed by atoms with Gasteiger partial charge in [0.1, 0.15) is 11.8 Å². The number of ether oxygens (including phenoxy) is 1. The zero-order chi connectivity index (χ0) is 24.7. The van der Waals surface area contributed by atoms with Crippen molar-refractivity contribution in [3.05, 3.63) is 63.1 Å². The number of nitrogens with one attached hydrogen (secondary N) is 1. The summed E-state index contributed by atoms with van der Waals surface area (Å²) >= 11 is 12.5. The van der Waals surface area contributed by atoms with Crippen LogP contribution < -0.4 is 10.1 Å². The van der Waals surface area contributed by atoms with Gasteiger partial charge in [0.25, 0.3) is 5.91 Å². The number of carbonyl (C=O) groups is 2. The zero-order valence-electron chi connectivity index (χ0n) is 20.2. The van der Waals surface area contributed by atoms with Gasteiger partial charge in [-0.15, -0.1) is 0 Å². The molecule has 5 nitrogen and oxygen atoms in total. The third kappa shape index (κ3) is 7.38. The molecule has 0 radical (unpaired) electrons. The van der Waals surface area contributed by atoms with Crippen LogP contribution in [0.15, 0.2) is 36.4 Å². The van der Waals surface area contributed by atoms with Crippen molar-refractivity contribution in [2.24, 2.45) is 0 Å². The first-order valence-corrected chi connectivity index (χ1v) is 12.8. The largest absolute Gasteiger partial charge is 0.484 e. The summed E-state index contributed by atoms with van der Waals surface area (Å²) in [5.74, 6) is 0.241. The van der Waals surface area contributed by atoms with E-state index >= 15 is 0 Å². The van der Waals surface area contributed by atoms with Crippen LogP contribution in [0, 0.1) is 13.8 Å². The van der Waals surface area contributed by atoms with Crippen molar-refractivity contribution < 1.29 is 14.3 Å². The molecule has 7 heteroatoms. The van der Waals surface area contributed by atoms with Crippen molar-refractivity contribution in [3.8, 4) is 5.75 Å². The molecular weight excluding hydrogens is 471 g/mol. The first-order valence-electron chi connectivity index (χ1n) is 12.0. The van der Waals surface area contributed by atoms with E-state index in [1.54, 1.807) is 23.1 Å². The van der Waals surface area contributed by atoms with E-state index in [0.29, 0.717) is 22.2 Å². The molecule has 1 aliphatic carbocycles. The molecule has 0 spiro atoms.